The summed E-state index contributed by atoms with van der Waals surface area (Å²) in [6.45, 7) is 0. The van der Waals surface area contributed by atoms with E-state index in [4.69, 9.17) is 9.47 Å². The molecule has 2 aromatic heterocycles. The molecule has 0 saturated carbocycles. The van der Waals surface area contributed by atoms with E-state index in [1.807, 2.05) is 0 Å². The van der Waals surface area contributed by atoms with E-state index in [0.29, 0.717) is 11.3 Å². The Labute approximate surface area is 104 Å². The first-order valence-electron chi connectivity index (χ1n) is 5.30. The summed E-state index contributed by atoms with van der Waals surface area (Å²) in [6.07, 6.45) is 3.10. The summed E-state index contributed by atoms with van der Waals surface area (Å²) in [5.74, 6) is 0.418. The van der Waals surface area contributed by atoms with Gasteiger partial charge in [-0.05, 0) is 24.3 Å². The molecular formula is C13H12N2O3. The third-order valence-electron chi connectivity index (χ3n) is 2.41. The van der Waals surface area contributed by atoms with Crippen molar-refractivity contribution in [3.8, 4) is 11.6 Å². The minimum absolute atomic E-state index is 0.242. The van der Waals surface area contributed by atoms with Gasteiger partial charge in [0.1, 0.15) is 5.75 Å². The van der Waals surface area contributed by atoms with Crippen LogP contribution in [0.4, 0.5) is 0 Å². The summed E-state index contributed by atoms with van der Waals surface area (Å²) in [5, 5.41) is 0. The van der Waals surface area contributed by atoms with Crippen molar-refractivity contribution in [3.05, 3.63) is 47.9 Å². The molecule has 2 rings (SSSR count). The number of rotatable bonds is 4. The molecule has 0 fully saturated rings. The van der Waals surface area contributed by atoms with Gasteiger partial charge < -0.3 is 9.47 Å². The number of carbonyl (C=O) groups excluding carboxylic acids is 1. The Hall–Kier alpha value is -2.43. The minimum Gasteiger partial charge on any atom is -0.494 e. The topological polar surface area (TPSA) is 61.3 Å². The summed E-state index contributed by atoms with van der Waals surface area (Å²) >= 11 is 0. The van der Waals surface area contributed by atoms with E-state index in [2.05, 4.69) is 9.97 Å². The molecule has 92 valence electrons. The van der Waals surface area contributed by atoms with Gasteiger partial charge in [0.05, 0.1) is 19.8 Å². The van der Waals surface area contributed by atoms with Crippen molar-refractivity contribution in [2.45, 2.75) is 0 Å². The van der Waals surface area contributed by atoms with E-state index in [-0.39, 0.29) is 17.4 Å². The lowest BCUT2D eigenvalue weighted by Crippen LogP contribution is -2.08. The third kappa shape index (κ3) is 2.15. The molecule has 5 heteroatoms. The Morgan fingerprint density at radius 3 is 2.50 bits per heavy atom. The first-order chi connectivity index (χ1) is 8.77. The van der Waals surface area contributed by atoms with Gasteiger partial charge in [0.2, 0.25) is 11.7 Å². The molecule has 0 aliphatic carbocycles. The standard InChI is InChI=1S/C13H12N2O3/c1-17-10-6-4-7-14-11(10)12(16)9-5-3-8-15-13(9)18-2/h3-8H,1-2H3. The highest BCUT2D eigenvalue weighted by atomic mass is 16.5. The molecule has 18 heavy (non-hydrogen) atoms. The van der Waals surface area contributed by atoms with Crippen LogP contribution in [0.15, 0.2) is 36.7 Å². The summed E-state index contributed by atoms with van der Waals surface area (Å²) in [6, 6.07) is 6.70. The maximum Gasteiger partial charge on any atom is 0.224 e. The zero-order chi connectivity index (χ0) is 13.0. The molecule has 0 amide bonds. The number of hydrogen-bond donors (Lipinski definition) is 0. The van der Waals surface area contributed by atoms with Crippen molar-refractivity contribution in [2.24, 2.45) is 0 Å². The Balaban J connectivity index is 2.48. The molecule has 0 N–H and O–H groups in total. The van der Waals surface area contributed by atoms with E-state index < -0.39 is 0 Å². The second-order valence-electron chi connectivity index (χ2n) is 3.44. The summed E-state index contributed by atoms with van der Waals surface area (Å²) < 4.78 is 10.2. The van der Waals surface area contributed by atoms with Crippen molar-refractivity contribution >= 4 is 5.78 Å². The Bertz CT molecular complexity index is 520. The number of ether oxygens (including phenoxy) is 2. The number of nitrogens with zero attached hydrogens (tertiary/aromatic N) is 2. The van der Waals surface area contributed by atoms with Crippen LogP contribution >= 0.6 is 0 Å². The van der Waals surface area contributed by atoms with Crippen LogP contribution in [0.25, 0.3) is 0 Å². The maximum absolute atomic E-state index is 12.3. The van der Waals surface area contributed by atoms with Crippen LogP contribution in [0.3, 0.4) is 0 Å². The van der Waals surface area contributed by atoms with Gasteiger partial charge in [-0.25, -0.2) is 9.97 Å². The van der Waals surface area contributed by atoms with Crippen LogP contribution < -0.4 is 9.47 Å². The molecule has 2 heterocycles. The number of carbonyl (C=O) groups is 1. The highest BCUT2D eigenvalue weighted by Gasteiger charge is 2.19. The van der Waals surface area contributed by atoms with Gasteiger partial charge in [-0.1, -0.05) is 0 Å². The van der Waals surface area contributed by atoms with Gasteiger partial charge in [0.25, 0.3) is 0 Å². The fourth-order valence-electron chi connectivity index (χ4n) is 1.58. The van der Waals surface area contributed by atoms with Gasteiger partial charge in [-0.15, -0.1) is 0 Å². The van der Waals surface area contributed by atoms with E-state index in [1.165, 1.54) is 14.2 Å². The quantitative estimate of drug-likeness (QED) is 0.766. The molecule has 0 radical (unpaired) electrons. The van der Waals surface area contributed by atoms with E-state index in [0.717, 1.165) is 0 Å². The lowest BCUT2D eigenvalue weighted by molar-refractivity contribution is 0.102. The molecule has 0 aromatic carbocycles. The Morgan fingerprint density at radius 1 is 1.06 bits per heavy atom. The van der Waals surface area contributed by atoms with Crippen molar-refractivity contribution in [1.29, 1.82) is 0 Å². The molecule has 0 spiro atoms. The molecule has 2 aromatic rings. The average molecular weight is 244 g/mol. The van der Waals surface area contributed by atoms with Gasteiger partial charge in [-0.2, -0.15) is 0 Å². The number of pyridine rings is 2. The van der Waals surface area contributed by atoms with E-state index in [1.54, 1.807) is 36.7 Å². The van der Waals surface area contributed by atoms with E-state index >= 15 is 0 Å². The number of methoxy groups -OCH3 is 2. The van der Waals surface area contributed by atoms with Gasteiger partial charge in [-0.3, -0.25) is 4.79 Å². The van der Waals surface area contributed by atoms with Gasteiger partial charge in [0, 0.05) is 12.4 Å². The van der Waals surface area contributed by atoms with Crippen molar-refractivity contribution in [2.75, 3.05) is 14.2 Å². The SMILES string of the molecule is COc1cccnc1C(=O)c1cccnc1OC. The van der Waals surface area contributed by atoms with Crippen LogP contribution in [0.5, 0.6) is 11.6 Å². The summed E-state index contributed by atoms with van der Waals surface area (Å²) in [5.41, 5.74) is 0.600. The summed E-state index contributed by atoms with van der Waals surface area (Å²) in [4.78, 5) is 20.4. The number of aromatic nitrogens is 2. The van der Waals surface area contributed by atoms with Crippen LogP contribution in [-0.4, -0.2) is 30.0 Å². The smallest absolute Gasteiger partial charge is 0.224 e. The van der Waals surface area contributed by atoms with Crippen LogP contribution in [0.2, 0.25) is 0 Å². The van der Waals surface area contributed by atoms with Gasteiger partial charge >= 0.3 is 0 Å². The second kappa shape index (κ2) is 5.27. The van der Waals surface area contributed by atoms with Crippen molar-refractivity contribution < 1.29 is 14.3 Å². The Morgan fingerprint density at radius 2 is 1.78 bits per heavy atom. The van der Waals surface area contributed by atoms with Crippen molar-refractivity contribution in [3.63, 3.8) is 0 Å². The Kier molecular flexibility index (Phi) is 3.52. The van der Waals surface area contributed by atoms with Crippen LogP contribution in [-0.2, 0) is 0 Å². The van der Waals surface area contributed by atoms with E-state index in [9.17, 15) is 4.79 Å². The first-order valence-corrected chi connectivity index (χ1v) is 5.30. The zero-order valence-corrected chi connectivity index (χ0v) is 10.1. The monoisotopic (exact) mass is 244 g/mol. The molecule has 0 bridgehead atoms. The van der Waals surface area contributed by atoms with Crippen LogP contribution in [0.1, 0.15) is 16.1 Å². The predicted molar refractivity (Wildman–Crippen MR) is 65.0 cm³/mol. The van der Waals surface area contributed by atoms with Gasteiger partial charge in [0.15, 0.2) is 5.69 Å². The summed E-state index contributed by atoms with van der Waals surface area (Å²) in [7, 11) is 2.96. The molecule has 0 atom stereocenters. The lowest BCUT2D eigenvalue weighted by atomic mass is 10.1. The largest absolute Gasteiger partial charge is 0.494 e. The zero-order valence-electron chi connectivity index (χ0n) is 10.1. The third-order valence-corrected chi connectivity index (χ3v) is 2.41. The molecule has 0 unspecified atom stereocenters. The second-order valence-corrected chi connectivity index (χ2v) is 3.44. The fraction of sp³-hybridized carbons (Fsp3) is 0.154. The highest BCUT2D eigenvalue weighted by Crippen LogP contribution is 2.22. The normalized spacial score (nSPS) is 9.89. The number of ketones is 1. The first kappa shape index (κ1) is 12.0. The van der Waals surface area contributed by atoms with Crippen LogP contribution in [0, 0.1) is 0 Å². The molecule has 0 saturated heterocycles. The molecular weight excluding hydrogens is 232 g/mol. The highest BCUT2D eigenvalue weighted by molar-refractivity contribution is 6.10. The lowest BCUT2D eigenvalue weighted by Gasteiger charge is -2.08. The molecule has 0 aliphatic rings. The minimum atomic E-state index is -0.280. The molecule has 0 aliphatic heterocycles. The fourth-order valence-corrected chi connectivity index (χ4v) is 1.58. The van der Waals surface area contributed by atoms with Crippen molar-refractivity contribution in [1.82, 2.24) is 9.97 Å². The average Bonchev–Trinajstić information content (AvgIpc) is 2.46. The maximum atomic E-state index is 12.3. The molecule has 5 nitrogen and oxygen atoms in total. The number of hydrogen-bond acceptors (Lipinski definition) is 5. The predicted octanol–water partition coefficient (Wildman–Crippen LogP) is 1.72.